The zero-order valence-electron chi connectivity index (χ0n) is 11.8. The lowest BCUT2D eigenvalue weighted by Gasteiger charge is -2.24. The molecular weight excluding hydrogens is 230 g/mol. The third kappa shape index (κ3) is 9.40. The molecule has 0 heterocycles. The summed E-state index contributed by atoms with van der Waals surface area (Å²) in [6, 6.07) is 0. The summed E-state index contributed by atoms with van der Waals surface area (Å²) in [7, 11) is 0. The molecule has 0 unspecified atom stereocenters. The molecule has 0 aliphatic rings. The second-order valence-corrected chi connectivity index (χ2v) is 4.86. The van der Waals surface area contributed by atoms with E-state index in [0.29, 0.717) is 5.17 Å². The fourth-order valence-corrected chi connectivity index (χ4v) is 1.86. The van der Waals surface area contributed by atoms with Gasteiger partial charge in [0.05, 0.1) is 6.61 Å². The largest absolute Gasteiger partial charge is 0.471 e. The first kappa shape index (κ1) is 16.7. The van der Waals surface area contributed by atoms with E-state index in [-0.39, 0.29) is 0 Å². The summed E-state index contributed by atoms with van der Waals surface area (Å²) >= 11 is 5.36. The van der Waals surface area contributed by atoms with Gasteiger partial charge in [0.1, 0.15) is 0 Å². The fraction of sp³-hybridized carbons (Fsp3) is 0.929. The van der Waals surface area contributed by atoms with Gasteiger partial charge in [-0.2, -0.15) is 0 Å². The first-order valence-corrected chi connectivity index (χ1v) is 7.58. The maximum absolute atomic E-state index is 5.66. The fourth-order valence-electron chi connectivity index (χ4n) is 1.60. The molecule has 3 heteroatoms. The molecule has 2 nitrogen and oxygen atoms in total. The number of ether oxygens (including phenoxy) is 1. The summed E-state index contributed by atoms with van der Waals surface area (Å²) < 4.78 is 5.66. The van der Waals surface area contributed by atoms with E-state index in [0.717, 1.165) is 26.1 Å². The third-order valence-electron chi connectivity index (χ3n) is 2.79. The molecule has 0 aliphatic carbocycles. The highest BCUT2D eigenvalue weighted by Crippen LogP contribution is 2.04. The van der Waals surface area contributed by atoms with Crippen LogP contribution in [0.3, 0.4) is 0 Å². The lowest BCUT2D eigenvalue weighted by Crippen LogP contribution is -2.33. The molecule has 0 fully saturated rings. The lowest BCUT2D eigenvalue weighted by molar-refractivity contribution is 0.232. The average Bonchev–Trinajstić information content (AvgIpc) is 2.34. The Balaban J connectivity index is 3.85. The number of nitrogens with zero attached hydrogens (tertiary/aromatic N) is 1. The van der Waals surface area contributed by atoms with Crippen molar-refractivity contribution in [2.75, 3.05) is 19.7 Å². The molecule has 102 valence electrons. The standard InChI is InChI=1S/C14H29NOS/c1-4-7-10-13-16-14(17)15(11-8-5-2)12-9-6-3/h4-13H2,1-3H3. The Morgan fingerprint density at radius 2 is 1.41 bits per heavy atom. The number of unbranched alkanes of at least 4 members (excludes halogenated alkanes) is 4. The highest BCUT2D eigenvalue weighted by atomic mass is 32.1. The summed E-state index contributed by atoms with van der Waals surface area (Å²) in [4.78, 5) is 2.23. The molecule has 0 spiro atoms. The molecule has 0 aliphatic heterocycles. The van der Waals surface area contributed by atoms with Gasteiger partial charge in [-0.3, -0.25) is 0 Å². The highest BCUT2D eigenvalue weighted by Gasteiger charge is 2.09. The van der Waals surface area contributed by atoms with Gasteiger partial charge in [0, 0.05) is 13.1 Å². The van der Waals surface area contributed by atoms with Gasteiger partial charge >= 0.3 is 0 Å². The summed E-state index contributed by atoms with van der Waals surface area (Å²) in [6.45, 7) is 9.49. The Labute approximate surface area is 113 Å². The predicted molar refractivity (Wildman–Crippen MR) is 79.5 cm³/mol. The van der Waals surface area contributed by atoms with Crippen LogP contribution in [0.2, 0.25) is 0 Å². The van der Waals surface area contributed by atoms with Crippen LogP contribution >= 0.6 is 12.2 Å². The van der Waals surface area contributed by atoms with E-state index >= 15 is 0 Å². The van der Waals surface area contributed by atoms with Crippen LogP contribution in [0.25, 0.3) is 0 Å². The normalized spacial score (nSPS) is 10.3. The maximum Gasteiger partial charge on any atom is 0.259 e. The molecule has 0 radical (unpaired) electrons. The molecule has 0 saturated heterocycles. The van der Waals surface area contributed by atoms with Crippen molar-refractivity contribution in [3.63, 3.8) is 0 Å². The molecule has 0 saturated carbocycles. The topological polar surface area (TPSA) is 12.5 Å². The zero-order valence-corrected chi connectivity index (χ0v) is 12.7. The Bertz CT molecular complexity index is 177. The number of thiocarbonyl (C=S) groups is 1. The van der Waals surface area contributed by atoms with Gasteiger partial charge < -0.3 is 9.64 Å². The summed E-state index contributed by atoms with van der Waals surface area (Å²) in [5, 5.41) is 0.711. The van der Waals surface area contributed by atoms with Crippen LogP contribution < -0.4 is 0 Å². The van der Waals surface area contributed by atoms with E-state index in [1.165, 1.54) is 38.5 Å². The Kier molecular flexibility index (Phi) is 11.9. The van der Waals surface area contributed by atoms with Gasteiger partial charge in [-0.05, 0) is 31.5 Å². The van der Waals surface area contributed by atoms with Crippen LogP contribution in [-0.4, -0.2) is 29.8 Å². The van der Waals surface area contributed by atoms with Crippen LogP contribution in [0.1, 0.15) is 65.7 Å². The molecule has 0 atom stereocenters. The van der Waals surface area contributed by atoms with Crippen LogP contribution in [0, 0.1) is 0 Å². The van der Waals surface area contributed by atoms with Crippen LogP contribution in [-0.2, 0) is 4.74 Å². The van der Waals surface area contributed by atoms with Crippen LogP contribution in [0.5, 0.6) is 0 Å². The number of hydrogen-bond donors (Lipinski definition) is 0. The van der Waals surface area contributed by atoms with Crippen LogP contribution in [0.4, 0.5) is 0 Å². The monoisotopic (exact) mass is 259 g/mol. The predicted octanol–water partition coefficient (Wildman–Crippen LogP) is 4.38. The molecule has 0 bridgehead atoms. The SMILES string of the molecule is CCCCCOC(=S)N(CCCC)CCCC. The Morgan fingerprint density at radius 1 is 0.882 bits per heavy atom. The first-order valence-electron chi connectivity index (χ1n) is 7.17. The Hall–Kier alpha value is -0.310. The molecular formula is C14H29NOS. The summed E-state index contributed by atoms with van der Waals surface area (Å²) in [5.74, 6) is 0. The third-order valence-corrected chi connectivity index (χ3v) is 3.17. The zero-order chi connectivity index (χ0) is 12.9. The maximum atomic E-state index is 5.66. The molecule has 0 rings (SSSR count). The molecule has 0 amide bonds. The second kappa shape index (κ2) is 12.2. The van der Waals surface area contributed by atoms with Crippen LogP contribution in [0.15, 0.2) is 0 Å². The van der Waals surface area contributed by atoms with Gasteiger partial charge in [0.15, 0.2) is 0 Å². The average molecular weight is 259 g/mol. The van der Waals surface area contributed by atoms with E-state index in [2.05, 4.69) is 25.7 Å². The smallest absolute Gasteiger partial charge is 0.259 e. The van der Waals surface area contributed by atoms with Crippen molar-refractivity contribution in [2.45, 2.75) is 65.7 Å². The minimum Gasteiger partial charge on any atom is -0.471 e. The highest BCUT2D eigenvalue weighted by molar-refractivity contribution is 7.80. The van der Waals surface area contributed by atoms with Crippen molar-refractivity contribution < 1.29 is 4.74 Å². The van der Waals surface area contributed by atoms with Crippen molar-refractivity contribution in [2.24, 2.45) is 0 Å². The van der Waals surface area contributed by atoms with Gasteiger partial charge in [0.2, 0.25) is 0 Å². The summed E-state index contributed by atoms with van der Waals surface area (Å²) in [5.41, 5.74) is 0. The van der Waals surface area contributed by atoms with Gasteiger partial charge in [0.25, 0.3) is 5.17 Å². The molecule has 0 aromatic heterocycles. The van der Waals surface area contributed by atoms with Crippen molar-refractivity contribution in [1.82, 2.24) is 4.90 Å². The first-order chi connectivity index (χ1) is 8.26. The van der Waals surface area contributed by atoms with Crippen molar-refractivity contribution >= 4 is 17.4 Å². The number of rotatable bonds is 10. The van der Waals surface area contributed by atoms with Gasteiger partial charge in [-0.15, -0.1) is 0 Å². The molecule has 0 aromatic rings. The van der Waals surface area contributed by atoms with Gasteiger partial charge in [-0.1, -0.05) is 46.5 Å². The van der Waals surface area contributed by atoms with E-state index in [1.54, 1.807) is 0 Å². The van der Waals surface area contributed by atoms with E-state index in [4.69, 9.17) is 17.0 Å². The Morgan fingerprint density at radius 3 is 1.88 bits per heavy atom. The minimum atomic E-state index is 0.711. The molecule has 0 N–H and O–H groups in total. The minimum absolute atomic E-state index is 0.711. The van der Waals surface area contributed by atoms with E-state index in [1.807, 2.05) is 0 Å². The number of hydrogen-bond acceptors (Lipinski definition) is 2. The van der Waals surface area contributed by atoms with E-state index < -0.39 is 0 Å². The van der Waals surface area contributed by atoms with Crippen molar-refractivity contribution in [3.05, 3.63) is 0 Å². The lowest BCUT2D eigenvalue weighted by atomic mass is 10.3. The molecule has 0 aromatic carbocycles. The quantitative estimate of drug-likeness (QED) is 0.427. The second-order valence-electron chi connectivity index (χ2n) is 4.52. The van der Waals surface area contributed by atoms with Crippen molar-refractivity contribution in [1.29, 1.82) is 0 Å². The van der Waals surface area contributed by atoms with E-state index in [9.17, 15) is 0 Å². The van der Waals surface area contributed by atoms with Crippen molar-refractivity contribution in [3.8, 4) is 0 Å². The van der Waals surface area contributed by atoms with Gasteiger partial charge in [-0.25, -0.2) is 0 Å². The molecule has 17 heavy (non-hydrogen) atoms. The summed E-state index contributed by atoms with van der Waals surface area (Å²) in [6.07, 6.45) is 8.39.